The van der Waals surface area contributed by atoms with E-state index in [4.69, 9.17) is 0 Å². The van der Waals surface area contributed by atoms with Crippen LogP contribution in [0.1, 0.15) is 17.0 Å². The number of carbonyl (C=O) groups is 1. The highest BCUT2D eigenvalue weighted by molar-refractivity contribution is 7.73. The number of rotatable bonds is 6. The van der Waals surface area contributed by atoms with Gasteiger partial charge in [-0.2, -0.15) is 17.6 Å². The van der Waals surface area contributed by atoms with Crippen LogP contribution in [0.2, 0.25) is 0 Å². The molecule has 19 heavy (non-hydrogen) atoms. The van der Waals surface area contributed by atoms with Crippen molar-refractivity contribution >= 4 is 16.7 Å². The fourth-order valence-electron chi connectivity index (χ4n) is 1.02. The number of ether oxygens (including phenoxy) is 1. The lowest BCUT2D eigenvalue weighted by Crippen LogP contribution is -2.42. The first-order valence-electron chi connectivity index (χ1n) is 4.79. The number of halogens is 4. The number of thiol groups is 1. The number of alkyl halides is 4. The van der Waals surface area contributed by atoms with Crippen LogP contribution in [-0.2, 0) is 15.4 Å². The summed E-state index contributed by atoms with van der Waals surface area (Å²) in [5, 5.41) is -5.20. The SMILES string of the molecule is O=C(OCCC(F)(F)C(F)(F)[SH](=O)=O)c1ccco1. The summed E-state index contributed by atoms with van der Waals surface area (Å²) in [6, 6.07) is 2.52. The Bertz CT molecular complexity index is 501. The van der Waals surface area contributed by atoms with Crippen molar-refractivity contribution < 1.29 is 39.9 Å². The van der Waals surface area contributed by atoms with Crippen molar-refractivity contribution in [3.05, 3.63) is 24.2 Å². The Morgan fingerprint density at radius 1 is 1.32 bits per heavy atom. The Labute approximate surface area is 106 Å². The maximum Gasteiger partial charge on any atom is 0.404 e. The Kier molecular flexibility index (Phi) is 4.56. The van der Waals surface area contributed by atoms with Crippen molar-refractivity contribution in [1.82, 2.24) is 0 Å². The van der Waals surface area contributed by atoms with Gasteiger partial charge in [0, 0.05) is 0 Å². The van der Waals surface area contributed by atoms with Crippen LogP contribution in [0.3, 0.4) is 0 Å². The first-order valence-corrected chi connectivity index (χ1v) is 5.97. The highest BCUT2D eigenvalue weighted by atomic mass is 32.2. The molecule has 0 unspecified atom stereocenters. The van der Waals surface area contributed by atoms with E-state index < -0.39 is 40.9 Å². The molecule has 0 fully saturated rings. The molecule has 1 aromatic heterocycles. The Morgan fingerprint density at radius 3 is 2.42 bits per heavy atom. The molecule has 10 heteroatoms. The van der Waals surface area contributed by atoms with Crippen molar-refractivity contribution in [2.75, 3.05) is 6.61 Å². The summed E-state index contributed by atoms with van der Waals surface area (Å²) >= 11 is 0. The van der Waals surface area contributed by atoms with Crippen molar-refractivity contribution in [3.63, 3.8) is 0 Å². The van der Waals surface area contributed by atoms with Gasteiger partial charge in [0.2, 0.25) is 16.5 Å². The molecule has 0 N–H and O–H groups in total. The lowest BCUT2D eigenvalue weighted by molar-refractivity contribution is -0.163. The highest BCUT2D eigenvalue weighted by Gasteiger charge is 2.59. The lowest BCUT2D eigenvalue weighted by Gasteiger charge is -2.21. The van der Waals surface area contributed by atoms with Gasteiger partial charge in [-0.15, -0.1) is 0 Å². The third-order valence-corrected chi connectivity index (χ3v) is 2.83. The Hall–Kier alpha value is -1.58. The molecule has 0 radical (unpaired) electrons. The van der Waals surface area contributed by atoms with E-state index in [1.165, 1.54) is 12.1 Å². The minimum atomic E-state index is -5.20. The van der Waals surface area contributed by atoms with Crippen LogP contribution < -0.4 is 0 Å². The second-order valence-electron chi connectivity index (χ2n) is 3.37. The van der Waals surface area contributed by atoms with Crippen molar-refractivity contribution in [3.8, 4) is 0 Å². The number of hydrogen-bond acceptors (Lipinski definition) is 5. The minimum Gasteiger partial charge on any atom is -0.460 e. The topological polar surface area (TPSA) is 73.6 Å². The van der Waals surface area contributed by atoms with Crippen molar-refractivity contribution in [2.24, 2.45) is 0 Å². The average molecular weight is 304 g/mol. The molecule has 0 saturated carbocycles. The molecule has 0 aliphatic heterocycles. The van der Waals surface area contributed by atoms with E-state index in [0.29, 0.717) is 0 Å². The molecule has 0 amide bonds. The number of carbonyl (C=O) groups excluding carboxylic acids is 1. The summed E-state index contributed by atoms with van der Waals surface area (Å²) in [4.78, 5) is 11.1. The van der Waals surface area contributed by atoms with E-state index in [2.05, 4.69) is 9.15 Å². The molecule has 1 aromatic rings. The third kappa shape index (κ3) is 3.46. The number of esters is 1. The van der Waals surface area contributed by atoms with Gasteiger partial charge in [-0.1, -0.05) is 0 Å². The highest BCUT2D eigenvalue weighted by Crippen LogP contribution is 2.37. The minimum absolute atomic E-state index is 0.287. The number of hydrogen-bond donors (Lipinski definition) is 1. The van der Waals surface area contributed by atoms with E-state index in [1.54, 1.807) is 0 Å². The molecule has 1 heterocycles. The van der Waals surface area contributed by atoms with Gasteiger partial charge in [-0.3, -0.25) is 0 Å². The maximum atomic E-state index is 12.9. The summed E-state index contributed by atoms with van der Waals surface area (Å²) in [5.41, 5.74) is 0. The fourth-order valence-corrected chi connectivity index (χ4v) is 1.40. The van der Waals surface area contributed by atoms with E-state index >= 15 is 0 Å². The average Bonchev–Trinajstić information content (AvgIpc) is 2.81. The van der Waals surface area contributed by atoms with E-state index in [-0.39, 0.29) is 5.76 Å². The molecule has 0 bridgehead atoms. The molecule has 0 aromatic carbocycles. The summed E-state index contributed by atoms with van der Waals surface area (Å²) < 4.78 is 79.9. The zero-order chi connectivity index (χ0) is 14.7. The van der Waals surface area contributed by atoms with Crippen LogP contribution in [0.15, 0.2) is 22.8 Å². The Morgan fingerprint density at radius 2 is 1.95 bits per heavy atom. The van der Waals surface area contributed by atoms with Crippen LogP contribution in [0.25, 0.3) is 0 Å². The van der Waals surface area contributed by atoms with Crippen LogP contribution in [-0.4, -0.2) is 32.2 Å². The first kappa shape index (κ1) is 15.5. The first-order chi connectivity index (χ1) is 8.68. The van der Waals surface area contributed by atoms with E-state index in [1.807, 2.05) is 0 Å². The van der Waals surface area contributed by atoms with Gasteiger partial charge in [0.15, 0.2) is 0 Å². The van der Waals surface area contributed by atoms with Crippen LogP contribution in [0.4, 0.5) is 17.6 Å². The zero-order valence-corrected chi connectivity index (χ0v) is 10.0. The van der Waals surface area contributed by atoms with Gasteiger partial charge in [0.05, 0.1) is 19.3 Å². The van der Waals surface area contributed by atoms with Crippen molar-refractivity contribution in [1.29, 1.82) is 0 Å². The molecule has 1 rings (SSSR count). The normalized spacial score (nSPS) is 12.7. The summed E-state index contributed by atoms with van der Waals surface area (Å²) in [6.07, 6.45) is -0.503. The molecule has 108 valence electrons. The van der Waals surface area contributed by atoms with Gasteiger partial charge in [0.25, 0.3) is 0 Å². The monoisotopic (exact) mass is 304 g/mol. The smallest absolute Gasteiger partial charge is 0.404 e. The largest absolute Gasteiger partial charge is 0.460 e. The quantitative estimate of drug-likeness (QED) is 0.491. The molecule has 0 atom stereocenters. The van der Waals surface area contributed by atoms with Gasteiger partial charge >= 0.3 is 17.1 Å². The number of furan rings is 1. The summed E-state index contributed by atoms with van der Waals surface area (Å²) in [5.74, 6) is -6.23. The predicted octanol–water partition coefficient (Wildman–Crippen LogP) is 1.67. The summed E-state index contributed by atoms with van der Waals surface area (Å²) in [7, 11) is -4.64. The fraction of sp³-hybridized carbons (Fsp3) is 0.444. The molecule has 5 nitrogen and oxygen atoms in total. The second-order valence-corrected chi connectivity index (χ2v) is 4.44. The van der Waals surface area contributed by atoms with Gasteiger partial charge < -0.3 is 9.15 Å². The predicted molar refractivity (Wildman–Crippen MR) is 53.8 cm³/mol. The van der Waals surface area contributed by atoms with Gasteiger partial charge in [-0.25, -0.2) is 13.2 Å². The zero-order valence-electron chi connectivity index (χ0n) is 9.15. The molecule has 0 saturated heterocycles. The van der Waals surface area contributed by atoms with E-state index in [0.717, 1.165) is 6.26 Å². The second kappa shape index (κ2) is 5.59. The van der Waals surface area contributed by atoms with Crippen LogP contribution >= 0.6 is 0 Å². The molecule has 0 aliphatic rings. The van der Waals surface area contributed by atoms with Crippen molar-refractivity contribution in [2.45, 2.75) is 17.6 Å². The molecular formula is C9H8F4O5S. The van der Waals surface area contributed by atoms with Gasteiger partial charge in [0.1, 0.15) is 0 Å². The Balaban J connectivity index is 2.55. The molecule has 0 aliphatic carbocycles. The lowest BCUT2D eigenvalue weighted by atomic mass is 10.2. The molecule has 0 spiro atoms. The van der Waals surface area contributed by atoms with Crippen LogP contribution in [0.5, 0.6) is 0 Å². The van der Waals surface area contributed by atoms with Gasteiger partial charge in [-0.05, 0) is 12.1 Å². The standard InChI is InChI=1S/C9H8F4O5S/c10-8(11,9(12,13)19(15)16)3-5-18-7(14)6-2-1-4-17-6/h1-2,4,19H,3,5H2. The maximum absolute atomic E-state index is 12.9. The summed E-state index contributed by atoms with van der Waals surface area (Å²) in [6.45, 7) is -1.08. The van der Waals surface area contributed by atoms with E-state index in [9.17, 15) is 30.8 Å². The van der Waals surface area contributed by atoms with Crippen LogP contribution in [0, 0.1) is 0 Å². The molecular weight excluding hydrogens is 296 g/mol. The third-order valence-electron chi connectivity index (χ3n) is 2.04.